The lowest BCUT2D eigenvalue weighted by molar-refractivity contribution is 0.0706. The smallest absolute Gasteiger partial charge is 0.276 e. The molecule has 0 bridgehead atoms. The average molecular weight is 169 g/mol. The van der Waals surface area contributed by atoms with Crippen molar-refractivity contribution in [3.05, 3.63) is 28.5 Å². The highest BCUT2D eigenvalue weighted by molar-refractivity contribution is 7.11. The van der Waals surface area contributed by atoms with Gasteiger partial charge in [-0.3, -0.25) is 10.0 Å². The van der Waals surface area contributed by atoms with E-state index in [1.54, 1.807) is 23.0 Å². The highest BCUT2D eigenvalue weighted by atomic mass is 32.1. The van der Waals surface area contributed by atoms with Gasteiger partial charge in [0.1, 0.15) is 0 Å². The second kappa shape index (κ2) is 3.32. The molecule has 2 N–H and O–H groups in total. The van der Waals surface area contributed by atoms with Crippen LogP contribution in [0.15, 0.2) is 18.0 Å². The summed E-state index contributed by atoms with van der Waals surface area (Å²) in [5.74, 6) is -0.499. The van der Waals surface area contributed by atoms with E-state index in [1.807, 2.05) is 0 Å². The number of carbonyl (C=O) groups excluding carboxylic acids is 1. The lowest BCUT2D eigenvalue weighted by Crippen LogP contribution is -2.18. The van der Waals surface area contributed by atoms with E-state index >= 15 is 0 Å². The number of hydrogen-bond donors (Lipinski definition) is 2. The van der Waals surface area contributed by atoms with Crippen LogP contribution in [-0.4, -0.2) is 11.1 Å². The van der Waals surface area contributed by atoms with Gasteiger partial charge in [-0.2, -0.15) is 0 Å². The van der Waals surface area contributed by atoms with Gasteiger partial charge in [0.15, 0.2) is 0 Å². The summed E-state index contributed by atoms with van der Waals surface area (Å²) in [6.45, 7) is 3.53. The molecule has 0 unspecified atom stereocenters. The third kappa shape index (κ3) is 1.47. The Kier molecular flexibility index (Phi) is 2.40. The van der Waals surface area contributed by atoms with Crippen molar-refractivity contribution in [1.29, 1.82) is 0 Å². The van der Waals surface area contributed by atoms with E-state index in [9.17, 15) is 4.79 Å². The Morgan fingerprint density at radius 2 is 2.55 bits per heavy atom. The monoisotopic (exact) mass is 169 g/mol. The van der Waals surface area contributed by atoms with E-state index in [1.165, 1.54) is 11.3 Å². The van der Waals surface area contributed by atoms with Gasteiger partial charge >= 0.3 is 0 Å². The molecule has 1 aromatic rings. The molecule has 1 heterocycles. The van der Waals surface area contributed by atoms with Crippen LogP contribution < -0.4 is 5.48 Å². The van der Waals surface area contributed by atoms with Crippen LogP contribution in [0, 0.1) is 0 Å². The molecule has 0 atom stereocenters. The molecule has 1 rings (SSSR count). The molecule has 0 spiro atoms. The van der Waals surface area contributed by atoms with Crippen LogP contribution in [0.1, 0.15) is 15.2 Å². The Balaban J connectivity index is 3.01. The van der Waals surface area contributed by atoms with Gasteiger partial charge < -0.3 is 0 Å². The van der Waals surface area contributed by atoms with Crippen molar-refractivity contribution in [3.8, 4) is 0 Å². The molecule has 0 radical (unpaired) electrons. The lowest BCUT2D eigenvalue weighted by atomic mass is 10.2. The van der Waals surface area contributed by atoms with Crippen molar-refractivity contribution in [1.82, 2.24) is 5.48 Å². The van der Waals surface area contributed by atoms with Crippen LogP contribution in [0.2, 0.25) is 0 Å². The summed E-state index contributed by atoms with van der Waals surface area (Å²) in [4.78, 5) is 11.6. The first-order valence-corrected chi connectivity index (χ1v) is 3.82. The summed E-state index contributed by atoms with van der Waals surface area (Å²) in [6.07, 6.45) is 1.58. The number of hydrogen-bond acceptors (Lipinski definition) is 3. The summed E-state index contributed by atoms with van der Waals surface area (Å²) in [5, 5.41) is 10.1. The van der Waals surface area contributed by atoms with Gasteiger partial charge in [-0.15, -0.1) is 11.3 Å². The largest absolute Gasteiger partial charge is 0.288 e. The highest BCUT2D eigenvalue weighted by Crippen LogP contribution is 2.17. The molecule has 1 aromatic heterocycles. The van der Waals surface area contributed by atoms with Gasteiger partial charge in [-0.25, -0.2) is 5.48 Å². The molecule has 11 heavy (non-hydrogen) atoms. The number of rotatable bonds is 2. The van der Waals surface area contributed by atoms with E-state index < -0.39 is 5.91 Å². The molecule has 0 fully saturated rings. The fourth-order valence-corrected chi connectivity index (χ4v) is 1.46. The van der Waals surface area contributed by atoms with Gasteiger partial charge in [0, 0.05) is 4.88 Å². The maximum atomic E-state index is 10.9. The zero-order chi connectivity index (χ0) is 8.27. The molecule has 58 valence electrons. The van der Waals surface area contributed by atoms with Gasteiger partial charge in [0.05, 0.1) is 5.56 Å². The van der Waals surface area contributed by atoms with Crippen LogP contribution in [0.4, 0.5) is 0 Å². The molecule has 0 saturated carbocycles. The summed E-state index contributed by atoms with van der Waals surface area (Å²) < 4.78 is 0. The number of amides is 1. The van der Waals surface area contributed by atoms with Crippen LogP contribution in [0.3, 0.4) is 0 Å². The van der Waals surface area contributed by atoms with Gasteiger partial charge in [-0.05, 0) is 11.4 Å². The maximum absolute atomic E-state index is 10.9. The third-order valence-corrected chi connectivity index (χ3v) is 2.14. The van der Waals surface area contributed by atoms with E-state index in [4.69, 9.17) is 5.21 Å². The molecule has 0 saturated heterocycles. The van der Waals surface area contributed by atoms with Crippen LogP contribution >= 0.6 is 11.3 Å². The minimum absolute atomic E-state index is 0.451. The SMILES string of the molecule is C=Cc1sccc1C(=O)NO. The normalized spacial score (nSPS) is 9.18. The van der Waals surface area contributed by atoms with Crippen molar-refractivity contribution in [3.63, 3.8) is 0 Å². The van der Waals surface area contributed by atoms with Crippen LogP contribution in [0.5, 0.6) is 0 Å². The quantitative estimate of drug-likeness (QED) is 0.520. The fourth-order valence-electron chi connectivity index (χ4n) is 0.727. The average Bonchev–Trinajstić information content (AvgIpc) is 2.50. The minimum atomic E-state index is -0.499. The molecule has 0 aliphatic heterocycles. The highest BCUT2D eigenvalue weighted by Gasteiger charge is 2.08. The van der Waals surface area contributed by atoms with E-state index in [0.717, 1.165) is 4.88 Å². The van der Waals surface area contributed by atoms with E-state index in [0.29, 0.717) is 5.56 Å². The Morgan fingerprint density at radius 1 is 1.82 bits per heavy atom. The topological polar surface area (TPSA) is 49.3 Å². The fraction of sp³-hybridized carbons (Fsp3) is 0. The molecule has 0 aliphatic rings. The molecular formula is C7H7NO2S. The molecule has 0 aliphatic carbocycles. The summed E-state index contributed by atoms with van der Waals surface area (Å²) in [7, 11) is 0. The zero-order valence-electron chi connectivity index (χ0n) is 5.70. The van der Waals surface area contributed by atoms with Crippen molar-refractivity contribution < 1.29 is 10.0 Å². The van der Waals surface area contributed by atoms with Crippen molar-refractivity contribution in [2.75, 3.05) is 0 Å². The zero-order valence-corrected chi connectivity index (χ0v) is 6.52. The first-order chi connectivity index (χ1) is 5.29. The van der Waals surface area contributed by atoms with Crippen molar-refractivity contribution in [2.24, 2.45) is 0 Å². The predicted octanol–water partition coefficient (Wildman–Crippen LogP) is 1.51. The number of nitrogens with one attached hydrogen (secondary N) is 1. The summed E-state index contributed by atoms with van der Waals surface area (Å²) in [6, 6.07) is 1.63. The Hall–Kier alpha value is -1.13. The second-order valence-corrected chi connectivity index (χ2v) is 2.79. The van der Waals surface area contributed by atoms with Crippen LogP contribution in [0.25, 0.3) is 6.08 Å². The van der Waals surface area contributed by atoms with E-state index in [-0.39, 0.29) is 0 Å². The number of hydroxylamine groups is 1. The molecule has 3 nitrogen and oxygen atoms in total. The summed E-state index contributed by atoms with van der Waals surface area (Å²) >= 11 is 1.40. The standard InChI is InChI=1S/C7H7NO2S/c1-2-6-5(3-4-11-6)7(9)8-10/h2-4,10H,1H2,(H,8,9). The third-order valence-electron chi connectivity index (χ3n) is 1.23. The first-order valence-electron chi connectivity index (χ1n) is 2.94. The lowest BCUT2D eigenvalue weighted by Gasteiger charge is -1.94. The minimum Gasteiger partial charge on any atom is -0.288 e. The number of thiophene rings is 1. The predicted molar refractivity (Wildman–Crippen MR) is 43.7 cm³/mol. The first kappa shape index (κ1) is 7.97. The van der Waals surface area contributed by atoms with Crippen LogP contribution in [-0.2, 0) is 0 Å². The molecule has 1 amide bonds. The van der Waals surface area contributed by atoms with Crippen molar-refractivity contribution in [2.45, 2.75) is 0 Å². The summed E-state index contributed by atoms with van der Waals surface area (Å²) in [5.41, 5.74) is 2.01. The molecular weight excluding hydrogens is 162 g/mol. The Morgan fingerprint density at radius 3 is 3.09 bits per heavy atom. The maximum Gasteiger partial charge on any atom is 0.276 e. The second-order valence-electron chi connectivity index (χ2n) is 1.84. The van der Waals surface area contributed by atoms with Gasteiger partial charge in [0.25, 0.3) is 5.91 Å². The Bertz CT molecular complexity index is 280. The molecule has 0 aromatic carbocycles. The van der Waals surface area contributed by atoms with Gasteiger partial charge in [-0.1, -0.05) is 12.7 Å². The van der Waals surface area contributed by atoms with Gasteiger partial charge in [0.2, 0.25) is 0 Å². The molecule has 4 heteroatoms. The van der Waals surface area contributed by atoms with Crippen molar-refractivity contribution >= 4 is 23.3 Å². The number of carbonyl (C=O) groups is 1. The Labute approximate surface area is 67.9 Å². The van der Waals surface area contributed by atoms with E-state index in [2.05, 4.69) is 6.58 Å².